The number of hydrogen-bond acceptors (Lipinski definition) is 7. The van der Waals surface area contributed by atoms with Crippen LogP contribution in [-0.4, -0.2) is 45.6 Å². The van der Waals surface area contributed by atoms with Gasteiger partial charge in [0.15, 0.2) is 5.75 Å². The number of aromatic nitrogens is 3. The monoisotopic (exact) mass is 410 g/mol. The fourth-order valence-electron chi connectivity index (χ4n) is 2.28. The van der Waals surface area contributed by atoms with Gasteiger partial charge in [-0.1, -0.05) is 11.6 Å². The Hall–Kier alpha value is -2.81. The molecule has 10 heteroatoms. The summed E-state index contributed by atoms with van der Waals surface area (Å²) in [7, 11) is 2.98. The smallest absolute Gasteiger partial charge is 0.408 e. The van der Waals surface area contributed by atoms with Crippen LogP contribution in [0.5, 0.6) is 11.6 Å². The Labute approximate surface area is 167 Å². The maximum atomic E-state index is 12.2. The summed E-state index contributed by atoms with van der Waals surface area (Å²) in [5.74, 6) is 0.0590. The number of aryl methyl sites for hydroxylation is 1. The summed E-state index contributed by atoms with van der Waals surface area (Å²) in [4.78, 5) is 28.4. The number of carbonyl (C=O) groups excluding carboxylic acids is 2. The fraction of sp³-hybridized carbons (Fsp3) is 0.444. The quantitative estimate of drug-likeness (QED) is 0.730. The molecule has 0 radical (unpaired) electrons. The maximum Gasteiger partial charge on any atom is 0.408 e. The van der Waals surface area contributed by atoms with Gasteiger partial charge in [0.25, 0.3) is 0 Å². The molecule has 0 unspecified atom stereocenters. The minimum absolute atomic E-state index is 0.0368. The highest BCUT2D eigenvalue weighted by Gasteiger charge is 2.27. The summed E-state index contributed by atoms with van der Waals surface area (Å²) in [6.45, 7) is 5.17. The molecule has 0 saturated carbocycles. The number of nitrogens with one attached hydrogen (secondary N) is 1. The second kappa shape index (κ2) is 8.92. The first-order valence-electron chi connectivity index (χ1n) is 8.45. The van der Waals surface area contributed by atoms with E-state index in [0.29, 0.717) is 16.3 Å². The van der Waals surface area contributed by atoms with Crippen molar-refractivity contribution >= 4 is 23.7 Å². The number of amides is 1. The van der Waals surface area contributed by atoms with Crippen LogP contribution in [0.4, 0.5) is 4.79 Å². The lowest BCUT2D eigenvalue weighted by Gasteiger charge is -2.23. The fourth-order valence-corrected chi connectivity index (χ4v) is 2.46. The minimum Gasteiger partial charge on any atom is -0.467 e. The summed E-state index contributed by atoms with van der Waals surface area (Å²) in [5, 5.41) is 6.89. The lowest BCUT2D eigenvalue weighted by atomic mass is 10.1. The van der Waals surface area contributed by atoms with Gasteiger partial charge >= 0.3 is 12.1 Å². The third-order valence-corrected chi connectivity index (χ3v) is 3.60. The molecule has 1 amide bonds. The zero-order valence-electron chi connectivity index (χ0n) is 16.4. The highest BCUT2D eigenvalue weighted by atomic mass is 35.5. The molecule has 0 aliphatic heterocycles. The number of pyridine rings is 1. The Morgan fingerprint density at radius 3 is 2.61 bits per heavy atom. The van der Waals surface area contributed by atoms with Crippen LogP contribution in [0.1, 0.15) is 26.3 Å². The van der Waals surface area contributed by atoms with Crippen molar-refractivity contribution in [3.05, 3.63) is 35.2 Å². The topological polar surface area (TPSA) is 105 Å². The van der Waals surface area contributed by atoms with Gasteiger partial charge in [0.2, 0.25) is 5.88 Å². The number of esters is 1. The van der Waals surface area contributed by atoms with Crippen LogP contribution in [-0.2, 0) is 27.7 Å². The number of rotatable bonds is 6. The molecule has 2 rings (SSSR count). The normalized spacial score (nSPS) is 12.2. The first-order valence-corrected chi connectivity index (χ1v) is 8.83. The molecule has 9 nitrogen and oxygen atoms in total. The van der Waals surface area contributed by atoms with Gasteiger partial charge in [0.05, 0.1) is 24.5 Å². The Balaban J connectivity index is 2.23. The molecule has 0 aromatic carbocycles. The molecule has 152 valence electrons. The largest absolute Gasteiger partial charge is 0.467 e. The molecule has 28 heavy (non-hydrogen) atoms. The predicted molar refractivity (Wildman–Crippen MR) is 101 cm³/mol. The van der Waals surface area contributed by atoms with E-state index in [1.807, 2.05) is 0 Å². The third kappa shape index (κ3) is 6.41. The lowest BCUT2D eigenvalue weighted by molar-refractivity contribution is -0.143. The molecule has 0 saturated heterocycles. The average Bonchev–Trinajstić information content (AvgIpc) is 2.99. The molecule has 0 spiro atoms. The summed E-state index contributed by atoms with van der Waals surface area (Å²) in [5.41, 5.74) is -0.209. The van der Waals surface area contributed by atoms with Gasteiger partial charge < -0.3 is 19.5 Å². The van der Waals surface area contributed by atoms with E-state index in [-0.39, 0.29) is 12.3 Å². The van der Waals surface area contributed by atoms with Crippen molar-refractivity contribution in [2.24, 2.45) is 7.05 Å². The molecule has 1 atom stereocenters. The number of methoxy groups -OCH3 is 1. The number of hydrogen-bond donors (Lipinski definition) is 1. The predicted octanol–water partition coefficient (Wildman–Crippen LogP) is 2.87. The zero-order valence-corrected chi connectivity index (χ0v) is 17.1. The number of halogens is 1. The van der Waals surface area contributed by atoms with Crippen LogP contribution in [0.3, 0.4) is 0 Å². The minimum atomic E-state index is -1.02. The van der Waals surface area contributed by atoms with Crippen LogP contribution < -0.4 is 10.1 Å². The van der Waals surface area contributed by atoms with Crippen LogP contribution in [0.2, 0.25) is 5.02 Å². The van der Waals surface area contributed by atoms with Crippen LogP contribution >= 0.6 is 11.6 Å². The zero-order chi connectivity index (χ0) is 20.9. The first kappa shape index (κ1) is 21.5. The number of ether oxygens (including phenoxy) is 3. The van der Waals surface area contributed by atoms with E-state index in [1.54, 1.807) is 44.8 Å². The van der Waals surface area contributed by atoms with Crippen LogP contribution in [0.15, 0.2) is 24.7 Å². The molecule has 0 aliphatic rings. The molecule has 0 fully saturated rings. The Morgan fingerprint density at radius 2 is 2.04 bits per heavy atom. The average molecular weight is 411 g/mol. The van der Waals surface area contributed by atoms with E-state index in [4.69, 9.17) is 25.8 Å². The molecule has 2 aromatic rings. The van der Waals surface area contributed by atoms with Crippen molar-refractivity contribution in [2.75, 3.05) is 7.11 Å². The Bertz CT molecular complexity index is 847. The molecule has 2 heterocycles. The second-order valence-corrected chi connectivity index (χ2v) is 7.43. The van der Waals surface area contributed by atoms with Gasteiger partial charge in [0, 0.05) is 25.2 Å². The van der Waals surface area contributed by atoms with Crippen LogP contribution in [0.25, 0.3) is 0 Å². The van der Waals surface area contributed by atoms with E-state index in [1.165, 1.54) is 19.5 Å². The summed E-state index contributed by atoms with van der Waals surface area (Å²) >= 11 is 6.05. The SMILES string of the molecule is COC(=O)[C@H](Cc1cc(Cl)cnc1Oc1cnn(C)c1)NC(=O)OC(C)(C)C. The molecule has 0 bridgehead atoms. The standard InChI is InChI=1S/C18H23ClN4O5/c1-18(2,3)28-17(25)22-14(16(24)26-5)7-11-6-12(19)8-20-15(11)27-13-9-21-23(4)10-13/h6,8-10,14H,7H2,1-5H3,(H,22,25)/t14-/m0/s1. The van der Waals surface area contributed by atoms with Gasteiger partial charge in [-0.3, -0.25) is 4.68 Å². The lowest BCUT2D eigenvalue weighted by Crippen LogP contribution is -2.45. The summed E-state index contributed by atoms with van der Waals surface area (Å²) < 4.78 is 17.3. The first-order chi connectivity index (χ1) is 13.1. The van der Waals surface area contributed by atoms with Crippen molar-refractivity contribution in [2.45, 2.75) is 38.8 Å². The van der Waals surface area contributed by atoms with Crippen molar-refractivity contribution in [1.82, 2.24) is 20.1 Å². The second-order valence-electron chi connectivity index (χ2n) is 7.00. The molecule has 1 N–H and O–H groups in total. The van der Waals surface area contributed by atoms with Gasteiger partial charge in [-0.05, 0) is 26.8 Å². The van der Waals surface area contributed by atoms with Crippen molar-refractivity contribution in [3.8, 4) is 11.6 Å². The Kier molecular flexibility index (Phi) is 6.85. The van der Waals surface area contributed by atoms with Crippen molar-refractivity contribution in [3.63, 3.8) is 0 Å². The highest BCUT2D eigenvalue weighted by molar-refractivity contribution is 6.30. The molecular weight excluding hydrogens is 388 g/mol. The molecule has 2 aromatic heterocycles. The van der Waals surface area contributed by atoms with Gasteiger partial charge in [0.1, 0.15) is 11.6 Å². The van der Waals surface area contributed by atoms with Crippen LogP contribution in [0, 0.1) is 0 Å². The highest BCUT2D eigenvalue weighted by Crippen LogP contribution is 2.26. The summed E-state index contributed by atoms with van der Waals surface area (Å²) in [6, 6.07) is 0.587. The maximum absolute atomic E-state index is 12.2. The molecular formula is C18H23ClN4O5. The van der Waals surface area contributed by atoms with Gasteiger partial charge in [-0.15, -0.1) is 0 Å². The number of alkyl carbamates (subject to hydrolysis) is 1. The molecule has 0 aliphatic carbocycles. The van der Waals surface area contributed by atoms with Crippen molar-refractivity contribution < 1.29 is 23.8 Å². The van der Waals surface area contributed by atoms with Gasteiger partial charge in [-0.25, -0.2) is 14.6 Å². The Morgan fingerprint density at radius 1 is 1.32 bits per heavy atom. The van der Waals surface area contributed by atoms with E-state index < -0.39 is 23.7 Å². The number of carbonyl (C=O) groups is 2. The van der Waals surface area contributed by atoms with Gasteiger partial charge in [-0.2, -0.15) is 5.10 Å². The van der Waals surface area contributed by atoms with E-state index in [0.717, 1.165) is 0 Å². The van der Waals surface area contributed by atoms with E-state index in [2.05, 4.69) is 15.4 Å². The van der Waals surface area contributed by atoms with E-state index in [9.17, 15) is 9.59 Å². The summed E-state index contributed by atoms with van der Waals surface area (Å²) in [6.07, 6.45) is 3.90. The number of nitrogens with zero attached hydrogens (tertiary/aromatic N) is 3. The van der Waals surface area contributed by atoms with E-state index >= 15 is 0 Å². The third-order valence-electron chi connectivity index (χ3n) is 3.39. The van der Waals surface area contributed by atoms with Crippen molar-refractivity contribution in [1.29, 1.82) is 0 Å².